The van der Waals surface area contributed by atoms with Gasteiger partial charge in [-0.2, -0.15) is 18.3 Å². The zero-order chi connectivity index (χ0) is 19.9. The topological polar surface area (TPSA) is 50.9 Å². The van der Waals surface area contributed by atoms with Gasteiger partial charge >= 0.3 is 6.18 Å². The largest absolute Gasteiger partial charge is 0.508 e. The van der Waals surface area contributed by atoms with Crippen LogP contribution in [0.2, 0.25) is 5.02 Å². The van der Waals surface area contributed by atoms with Crippen molar-refractivity contribution in [2.24, 2.45) is 0 Å². The van der Waals surface area contributed by atoms with Crippen molar-refractivity contribution < 1.29 is 18.3 Å². The summed E-state index contributed by atoms with van der Waals surface area (Å²) in [5.74, 6) is 0.0956. The molecule has 0 aliphatic carbocycles. The number of aromatic nitrogens is 3. The van der Waals surface area contributed by atoms with Crippen LogP contribution in [0.4, 0.5) is 13.2 Å². The highest BCUT2D eigenvalue weighted by Crippen LogP contribution is 2.35. The number of alkyl halides is 3. The number of aromatic hydroxyl groups is 1. The average Bonchev–Trinajstić information content (AvgIpc) is 3.30. The lowest BCUT2D eigenvalue weighted by molar-refractivity contribution is -0.142. The van der Waals surface area contributed by atoms with E-state index >= 15 is 0 Å². The molecule has 2 heterocycles. The Labute approximate surface area is 166 Å². The number of thiazole rings is 1. The molecule has 0 fully saturated rings. The van der Waals surface area contributed by atoms with E-state index in [0.29, 0.717) is 21.8 Å². The van der Waals surface area contributed by atoms with Crippen LogP contribution in [-0.4, -0.2) is 19.9 Å². The number of phenols is 1. The SMILES string of the molecule is Oc1ccc(-c2csc(-n3nc(-c4ccc(Cl)cc4)cc3C(F)(F)F)n2)cc1. The van der Waals surface area contributed by atoms with Crippen molar-refractivity contribution in [3.8, 4) is 33.4 Å². The molecule has 0 radical (unpaired) electrons. The quantitative estimate of drug-likeness (QED) is 0.438. The van der Waals surface area contributed by atoms with Crippen molar-refractivity contribution in [3.05, 3.63) is 70.7 Å². The predicted molar refractivity (Wildman–Crippen MR) is 102 cm³/mol. The van der Waals surface area contributed by atoms with E-state index in [1.54, 1.807) is 41.8 Å². The van der Waals surface area contributed by atoms with Crippen molar-refractivity contribution in [1.82, 2.24) is 14.8 Å². The highest BCUT2D eigenvalue weighted by Gasteiger charge is 2.37. The van der Waals surface area contributed by atoms with E-state index in [9.17, 15) is 18.3 Å². The second kappa shape index (κ2) is 6.96. The third-order valence-electron chi connectivity index (χ3n) is 3.98. The smallest absolute Gasteiger partial charge is 0.433 e. The Morgan fingerprint density at radius 1 is 0.929 bits per heavy atom. The molecular formula is C19H11ClF3N3OS. The Kier molecular flexibility index (Phi) is 4.60. The highest BCUT2D eigenvalue weighted by molar-refractivity contribution is 7.12. The molecule has 0 spiro atoms. The molecular weight excluding hydrogens is 411 g/mol. The minimum absolute atomic E-state index is 0.0932. The van der Waals surface area contributed by atoms with Crippen LogP contribution in [0.3, 0.4) is 0 Å². The van der Waals surface area contributed by atoms with Crippen LogP contribution in [0, 0.1) is 0 Å². The van der Waals surface area contributed by atoms with Crippen LogP contribution in [0.15, 0.2) is 60.0 Å². The van der Waals surface area contributed by atoms with E-state index in [-0.39, 0.29) is 16.6 Å². The lowest BCUT2D eigenvalue weighted by Gasteiger charge is -2.07. The molecule has 142 valence electrons. The monoisotopic (exact) mass is 421 g/mol. The van der Waals surface area contributed by atoms with Gasteiger partial charge in [-0.25, -0.2) is 9.67 Å². The summed E-state index contributed by atoms with van der Waals surface area (Å²) < 4.78 is 41.5. The van der Waals surface area contributed by atoms with Gasteiger partial charge in [0.05, 0.1) is 11.4 Å². The number of benzene rings is 2. The van der Waals surface area contributed by atoms with Gasteiger partial charge in [-0.1, -0.05) is 23.7 Å². The van der Waals surface area contributed by atoms with Crippen LogP contribution in [0.1, 0.15) is 5.69 Å². The van der Waals surface area contributed by atoms with E-state index < -0.39 is 11.9 Å². The fourth-order valence-corrected chi connectivity index (χ4v) is 3.54. The summed E-state index contributed by atoms with van der Waals surface area (Å²) >= 11 is 6.89. The van der Waals surface area contributed by atoms with Gasteiger partial charge in [-0.15, -0.1) is 11.3 Å². The van der Waals surface area contributed by atoms with Crippen molar-refractivity contribution in [2.45, 2.75) is 6.18 Å². The fourth-order valence-electron chi connectivity index (χ4n) is 2.62. The maximum Gasteiger partial charge on any atom is 0.433 e. The summed E-state index contributed by atoms with van der Waals surface area (Å²) in [5.41, 5.74) is 0.953. The van der Waals surface area contributed by atoms with Gasteiger partial charge in [0.15, 0.2) is 5.69 Å². The molecule has 0 atom stereocenters. The van der Waals surface area contributed by atoms with Gasteiger partial charge in [-0.05, 0) is 42.5 Å². The summed E-state index contributed by atoms with van der Waals surface area (Å²) in [6, 6.07) is 13.7. The Morgan fingerprint density at radius 2 is 1.54 bits per heavy atom. The molecule has 0 aliphatic heterocycles. The minimum Gasteiger partial charge on any atom is -0.508 e. The molecule has 2 aromatic carbocycles. The molecule has 4 rings (SSSR count). The fraction of sp³-hybridized carbons (Fsp3) is 0.0526. The summed E-state index contributed by atoms with van der Waals surface area (Å²) in [5, 5.41) is 15.7. The number of phenolic OH excluding ortho intramolecular Hbond substituents is 1. The zero-order valence-corrected chi connectivity index (χ0v) is 15.6. The second-order valence-electron chi connectivity index (χ2n) is 5.89. The van der Waals surface area contributed by atoms with E-state index in [2.05, 4.69) is 10.1 Å². The van der Waals surface area contributed by atoms with E-state index in [4.69, 9.17) is 11.6 Å². The number of nitrogens with zero attached hydrogens (tertiary/aromatic N) is 3. The molecule has 2 aromatic heterocycles. The number of halogens is 4. The Bertz CT molecular complexity index is 1120. The summed E-state index contributed by atoms with van der Waals surface area (Å²) in [4.78, 5) is 4.29. The highest BCUT2D eigenvalue weighted by atomic mass is 35.5. The molecule has 9 heteroatoms. The molecule has 4 aromatic rings. The first-order valence-corrected chi connectivity index (χ1v) is 9.25. The molecule has 0 amide bonds. The zero-order valence-electron chi connectivity index (χ0n) is 14.0. The maximum absolute atomic E-state index is 13.6. The van der Waals surface area contributed by atoms with Crippen LogP contribution in [0.5, 0.6) is 5.75 Å². The molecule has 28 heavy (non-hydrogen) atoms. The molecule has 4 nitrogen and oxygen atoms in total. The molecule has 1 N–H and O–H groups in total. The Morgan fingerprint density at radius 3 is 2.18 bits per heavy atom. The summed E-state index contributed by atoms with van der Waals surface area (Å²) in [6.45, 7) is 0. The molecule has 0 bridgehead atoms. The third kappa shape index (κ3) is 3.61. The van der Waals surface area contributed by atoms with E-state index in [1.165, 1.54) is 12.1 Å². The first-order chi connectivity index (χ1) is 13.3. The van der Waals surface area contributed by atoms with E-state index in [1.807, 2.05) is 0 Å². The Hall–Kier alpha value is -2.84. The van der Waals surface area contributed by atoms with Gasteiger partial charge in [0.2, 0.25) is 5.13 Å². The number of hydrogen-bond donors (Lipinski definition) is 1. The third-order valence-corrected chi connectivity index (χ3v) is 5.04. The van der Waals surface area contributed by atoms with Crippen molar-refractivity contribution in [1.29, 1.82) is 0 Å². The summed E-state index contributed by atoms with van der Waals surface area (Å²) in [6.07, 6.45) is -4.60. The van der Waals surface area contributed by atoms with Gasteiger partial charge in [-0.3, -0.25) is 0 Å². The molecule has 0 aliphatic rings. The molecule has 0 unspecified atom stereocenters. The first-order valence-electron chi connectivity index (χ1n) is 8.00. The van der Waals surface area contributed by atoms with Crippen molar-refractivity contribution >= 4 is 22.9 Å². The van der Waals surface area contributed by atoms with Gasteiger partial charge in [0.1, 0.15) is 5.75 Å². The molecule has 0 saturated heterocycles. The number of rotatable bonds is 3. The van der Waals surface area contributed by atoms with Crippen LogP contribution < -0.4 is 0 Å². The lowest BCUT2D eigenvalue weighted by Crippen LogP contribution is -2.13. The van der Waals surface area contributed by atoms with Crippen LogP contribution in [-0.2, 0) is 6.18 Å². The first kappa shape index (κ1) is 18.5. The minimum atomic E-state index is -4.60. The standard InChI is InChI=1S/C19H11ClF3N3OS/c20-13-5-1-11(2-6-13)15-9-17(19(21,22)23)26(25-15)18-24-16(10-28-18)12-3-7-14(27)8-4-12/h1-10,27H. The normalized spacial score (nSPS) is 11.7. The van der Waals surface area contributed by atoms with Gasteiger partial charge in [0.25, 0.3) is 0 Å². The van der Waals surface area contributed by atoms with E-state index in [0.717, 1.165) is 22.1 Å². The van der Waals surface area contributed by atoms with Crippen LogP contribution >= 0.6 is 22.9 Å². The van der Waals surface area contributed by atoms with Crippen molar-refractivity contribution in [3.63, 3.8) is 0 Å². The summed E-state index contributed by atoms with van der Waals surface area (Å²) in [7, 11) is 0. The van der Waals surface area contributed by atoms with Gasteiger partial charge < -0.3 is 5.11 Å². The maximum atomic E-state index is 13.6. The second-order valence-corrected chi connectivity index (χ2v) is 7.17. The average molecular weight is 422 g/mol. The van der Waals surface area contributed by atoms with Crippen LogP contribution in [0.25, 0.3) is 27.6 Å². The van der Waals surface area contributed by atoms with Crippen molar-refractivity contribution in [2.75, 3.05) is 0 Å². The Balaban J connectivity index is 1.78. The number of hydrogen-bond acceptors (Lipinski definition) is 4. The lowest BCUT2D eigenvalue weighted by atomic mass is 10.1. The molecule has 0 saturated carbocycles. The van der Waals surface area contributed by atoms with Gasteiger partial charge in [0, 0.05) is 21.5 Å². The predicted octanol–water partition coefficient (Wildman–Crippen LogP) is 6.04.